The lowest BCUT2D eigenvalue weighted by Gasteiger charge is -2.09. The van der Waals surface area contributed by atoms with Gasteiger partial charge in [0.15, 0.2) is 11.0 Å². The number of ether oxygens (including phenoxy) is 2. The fourth-order valence-electron chi connectivity index (χ4n) is 2.83. The number of halogens is 1. The van der Waals surface area contributed by atoms with Crippen molar-refractivity contribution in [2.45, 2.75) is 18.2 Å². The van der Waals surface area contributed by atoms with Gasteiger partial charge in [-0.15, -0.1) is 16.8 Å². The van der Waals surface area contributed by atoms with Crippen LogP contribution >= 0.6 is 23.4 Å². The first-order chi connectivity index (χ1) is 16.1. The summed E-state index contributed by atoms with van der Waals surface area (Å²) in [5.41, 5.74) is 0.777. The molecule has 0 fully saturated rings. The number of thioether (sulfide) groups is 1. The number of hydrogen-bond donors (Lipinski definition) is 1. The second-order valence-electron chi connectivity index (χ2n) is 6.74. The maximum atomic E-state index is 12.2. The van der Waals surface area contributed by atoms with Crippen LogP contribution in [0, 0.1) is 0 Å². The molecule has 0 atom stereocenters. The molecule has 0 aliphatic rings. The molecule has 9 heteroatoms. The van der Waals surface area contributed by atoms with Crippen molar-refractivity contribution in [3.8, 4) is 11.5 Å². The third kappa shape index (κ3) is 7.40. The summed E-state index contributed by atoms with van der Waals surface area (Å²) in [7, 11) is 1.63. The average Bonchev–Trinajstić information content (AvgIpc) is 3.22. The molecule has 0 radical (unpaired) electrons. The molecule has 0 bridgehead atoms. The number of aromatic nitrogens is 3. The Bertz CT molecular complexity index is 1100. The van der Waals surface area contributed by atoms with Crippen LogP contribution in [0.1, 0.15) is 11.4 Å². The van der Waals surface area contributed by atoms with E-state index >= 15 is 0 Å². The molecule has 1 heterocycles. The van der Waals surface area contributed by atoms with Gasteiger partial charge in [-0.1, -0.05) is 47.6 Å². The van der Waals surface area contributed by atoms with Gasteiger partial charge in [0.25, 0.3) is 0 Å². The van der Waals surface area contributed by atoms with Crippen molar-refractivity contribution in [3.63, 3.8) is 0 Å². The third-order valence-corrected chi connectivity index (χ3v) is 5.76. The number of methoxy groups -OCH3 is 1. The smallest absolute Gasteiger partial charge is 0.244 e. The largest absolute Gasteiger partial charge is 0.497 e. The molecule has 1 aromatic heterocycles. The highest BCUT2D eigenvalue weighted by molar-refractivity contribution is 7.99. The second-order valence-corrected chi connectivity index (χ2v) is 8.21. The minimum Gasteiger partial charge on any atom is -0.497 e. The summed E-state index contributed by atoms with van der Waals surface area (Å²) < 4.78 is 12.8. The van der Waals surface area contributed by atoms with Crippen molar-refractivity contribution in [3.05, 3.63) is 83.7 Å². The molecule has 0 saturated heterocycles. The maximum absolute atomic E-state index is 12.2. The van der Waals surface area contributed by atoms with Gasteiger partial charge in [0.2, 0.25) is 5.91 Å². The first-order valence-electron chi connectivity index (χ1n) is 10.2. The molecule has 0 aliphatic carbocycles. The lowest BCUT2D eigenvalue weighted by atomic mass is 10.2. The molecule has 3 aromatic rings. The summed E-state index contributed by atoms with van der Waals surface area (Å²) >= 11 is 7.64. The molecule has 1 N–H and O–H groups in total. The summed E-state index contributed by atoms with van der Waals surface area (Å²) in [6.07, 6.45) is 4.89. The van der Waals surface area contributed by atoms with Crippen molar-refractivity contribution in [2.24, 2.45) is 0 Å². The van der Waals surface area contributed by atoms with Crippen molar-refractivity contribution in [1.29, 1.82) is 0 Å². The van der Waals surface area contributed by atoms with Crippen LogP contribution in [0.25, 0.3) is 6.08 Å². The molecule has 7 nitrogen and oxygen atoms in total. The summed E-state index contributed by atoms with van der Waals surface area (Å²) in [6, 6.07) is 14.8. The van der Waals surface area contributed by atoms with Crippen molar-refractivity contribution in [1.82, 2.24) is 20.1 Å². The number of rotatable bonds is 12. The first kappa shape index (κ1) is 24.4. The minimum absolute atomic E-state index is 0.245. The molecule has 33 heavy (non-hydrogen) atoms. The first-order valence-corrected chi connectivity index (χ1v) is 11.6. The summed E-state index contributed by atoms with van der Waals surface area (Å²) in [5, 5.41) is 12.6. The van der Waals surface area contributed by atoms with E-state index in [0.29, 0.717) is 29.8 Å². The number of allylic oxidation sites excluding steroid dienone is 1. The Labute approximate surface area is 202 Å². The summed E-state index contributed by atoms with van der Waals surface area (Å²) in [4.78, 5) is 12.2. The van der Waals surface area contributed by atoms with Gasteiger partial charge < -0.3 is 19.4 Å². The molecule has 172 valence electrons. The molecule has 0 aliphatic heterocycles. The normalized spacial score (nSPS) is 10.8. The van der Waals surface area contributed by atoms with Gasteiger partial charge in [0.1, 0.15) is 11.5 Å². The van der Waals surface area contributed by atoms with Crippen molar-refractivity contribution in [2.75, 3.05) is 19.5 Å². The standard InChI is InChI=1S/C24H25ClN4O3S/c1-3-14-29-22(17-26-23(30)13-8-18-6-4-5-7-21(18)25)27-28-24(29)33-16-15-32-20-11-9-19(31-2)10-12-20/h3-13H,1,14-17H2,2H3,(H,26,30)/b13-8+. The van der Waals surface area contributed by atoms with E-state index in [0.717, 1.165) is 22.2 Å². The number of amides is 1. The van der Waals surface area contributed by atoms with E-state index in [-0.39, 0.29) is 12.5 Å². The minimum atomic E-state index is -0.245. The quantitative estimate of drug-likeness (QED) is 0.175. The molecular formula is C24H25ClN4O3S. The van der Waals surface area contributed by atoms with Crippen LogP contribution in [-0.2, 0) is 17.9 Å². The average molecular weight is 485 g/mol. The van der Waals surface area contributed by atoms with E-state index in [9.17, 15) is 4.79 Å². The van der Waals surface area contributed by atoms with Crippen LogP contribution < -0.4 is 14.8 Å². The van der Waals surface area contributed by atoms with Crippen molar-refractivity contribution < 1.29 is 14.3 Å². The van der Waals surface area contributed by atoms with Gasteiger partial charge in [0.05, 0.1) is 20.3 Å². The van der Waals surface area contributed by atoms with Gasteiger partial charge in [-0.2, -0.15) is 0 Å². The zero-order valence-corrected chi connectivity index (χ0v) is 19.8. The van der Waals surface area contributed by atoms with E-state index in [4.69, 9.17) is 21.1 Å². The van der Waals surface area contributed by atoms with Gasteiger partial charge in [-0.25, -0.2) is 0 Å². The van der Waals surface area contributed by atoms with E-state index in [1.807, 2.05) is 47.0 Å². The van der Waals surface area contributed by atoms with E-state index in [1.54, 1.807) is 25.3 Å². The number of nitrogens with one attached hydrogen (secondary N) is 1. The second kappa shape index (κ2) is 12.7. The Morgan fingerprint density at radius 3 is 2.67 bits per heavy atom. The number of carbonyl (C=O) groups excluding carboxylic acids is 1. The fraction of sp³-hybridized carbons (Fsp3) is 0.208. The SMILES string of the molecule is C=CCn1c(CNC(=O)/C=C/c2ccccc2Cl)nnc1SCCOc1ccc(OC)cc1. The zero-order valence-electron chi connectivity index (χ0n) is 18.2. The Kier molecular flexibility index (Phi) is 9.41. The van der Waals surface area contributed by atoms with E-state index in [2.05, 4.69) is 22.1 Å². The third-order valence-electron chi connectivity index (χ3n) is 4.49. The lowest BCUT2D eigenvalue weighted by molar-refractivity contribution is -0.116. The maximum Gasteiger partial charge on any atom is 0.244 e. The molecule has 0 saturated carbocycles. The fourth-order valence-corrected chi connectivity index (χ4v) is 3.82. The number of hydrogen-bond acceptors (Lipinski definition) is 6. The van der Waals surface area contributed by atoms with Gasteiger partial charge >= 0.3 is 0 Å². The van der Waals surface area contributed by atoms with Crippen LogP contribution in [0.2, 0.25) is 5.02 Å². The van der Waals surface area contributed by atoms with Gasteiger partial charge in [0, 0.05) is 23.4 Å². The molecule has 1 amide bonds. The van der Waals surface area contributed by atoms with Crippen LogP contribution in [0.4, 0.5) is 0 Å². The predicted octanol–water partition coefficient (Wildman–Crippen LogP) is 4.63. The van der Waals surface area contributed by atoms with Gasteiger partial charge in [-0.05, 0) is 42.0 Å². The zero-order chi connectivity index (χ0) is 23.5. The predicted molar refractivity (Wildman–Crippen MR) is 132 cm³/mol. The monoisotopic (exact) mass is 484 g/mol. The number of carbonyl (C=O) groups is 1. The van der Waals surface area contributed by atoms with Gasteiger partial charge in [-0.3, -0.25) is 4.79 Å². The summed E-state index contributed by atoms with van der Waals surface area (Å²) in [6.45, 7) is 5.10. The molecule has 2 aromatic carbocycles. The molecular weight excluding hydrogens is 460 g/mol. The topological polar surface area (TPSA) is 78.3 Å². The lowest BCUT2D eigenvalue weighted by Crippen LogP contribution is -2.22. The molecule has 0 spiro atoms. The molecule has 0 unspecified atom stereocenters. The van der Waals surface area contributed by atoms with Crippen LogP contribution in [0.5, 0.6) is 11.5 Å². The molecule has 3 rings (SSSR count). The van der Waals surface area contributed by atoms with Crippen LogP contribution in [0.15, 0.2) is 72.4 Å². The van der Waals surface area contributed by atoms with Crippen molar-refractivity contribution >= 4 is 35.3 Å². The van der Waals surface area contributed by atoms with E-state index < -0.39 is 0 Å². The van der Waals surface area contributed by atoms with E-state index in [1.165, 1.54) is 17.8 Å². The Hall–Kier alpha value is -3.23. The highest BCUT2D eigenvalue weighted by Gasteiger charge is 2.12. The Morgan fingerprint density at radius 2 is 1.94 bits per heavy atom. The highest BCUT2D eigenvalue weighted by atomic mass is 35.5. The Balaban J connectivity index is 1.51. The number of benzene rings is 2. The van der Waals surface area contributed by atoms with Crippen LogP contribution in [-0.4, -0.2) is 40.1 Å². The van der Waals surface area contributed by atoms with Crippen LogP contribution in [0.3, 0.4) is 0 Å². The highest BCUT2D eigenvalue weighted by Crippen LogP contribution is 2.20. The number of nitrogens with zero attached hydrogens (tertiary/aromatic N) is 3. The Morgan fingerprint density at radius 1 is 1.18 bits per heavy atom. The summed E-state index contributed by atoms with van der Waals surface area (Å²) in [5.74, 6) is 2.65.